The summed E-state index contributed by atoms with van der Waals surface area (Å²) in [6.45, 7) is 4.94. The summed E-state index contributed by atoms with van der Waals surface area (Å²) in [6.07, 6.45) is 2.36. The Morgan fingerprint density at radius 3 is 2.60 bits per heavy atom. The van der Waals surface area contributed by atoms with Crippen LogP contribution in [0.3, 0.4) is 0 Å². The molecular weight excluding hydrogens is 198 g/mol. The summed E-state index contributed by atoms with van der Waals surface area (Å²) in [4.78, 5) is 12.1. The number of hydrogen-bond donors (Lipinski definition) is 2. The molecular formula is C10H15NO4. The lowest BCUT2D eigenvalue weighted by Crippen LogP contribution is -2.51. The molecule has 0 bridgehead atoms. The lowest BCUT2D eigenvalue weighted by atomic mass is 10.1. The van der Waals surface area contributed by atoms with Gasteiger partial charge in [-0.05, 0) is 20.8 Å². The Balaban J connectivity index is 3.04. The summed E-state index contributed by atoms with van der Waals surface area (Å²) in [5.74, 6) is 2.13. The first-order chi connectivity index (χ1) is 6.81. The first-order valence-electron chi connectivity index (χ1n) is 4.65. The Bertz CT molecular complexity index is 307. The Kier molecular flexibility index (Phi) is 2.93. The van der Waals surface area contributed by atoms with E-state index in [1.165, 1.54) is 0 Å². The van der Waals surface area contributed by atoms with Gasteiger partial charge in [0.25, 0.3) is 0 Å². The van der Waals surface area contributed by atoms with Gasteiger partial charge in [0.1, 0.15) is 17.9 Å². The van der Waals surface area contributed by atoms with Crippen LogP contribution in [0.1, 0.15) is 20.8 Å². The average Bonchev–Trinajstić information content (AvgIpc) is 2.33. The summed E-state index contributed by atoms with van der Waals surface area (Å²) in [6, 6.07) is -0.720. The normalized spacial score (nSPS) is 31.0. The van der Waals surface area contributed by atoms with E-state index in [2.05, 4.69) is 5.92 Å². The number of hydrogen-bond acceptors (Lipinski definition) is 3. The fourth-order valence-corrected chi connectivity index (χ4v) is 2.00. The fraction of sp³-hybridized carbons (Fsp3) is 0.700. The molecule has 1 saturated heterocycles. The monoisotopic (exact) mass is 213 g/mol. The van der Waals surface area contributed by atoms with E-state index >= 15 is 0 Å². The molecule has 0 aliphatic carbocycles. The second kappa shape index (κ2) is 3.72. The molecule has 0 aromatic heterocycles. The van der Waals surface area contributed by atoms with Crippen molar-refractivity contribution in [3.8, 4) is 12.3 Å². The highest BCUT2D eigenvalue weighted by atomic mass is 16.6. The zero-order valence-electron chi connectivity index (χ0n) is 8.97. The van der Waals surface area contributed by atoms with Gasteiger partial charge < -0.3 is 14.9 Å². The molecule has 5 heteroatoms. The Labute approximate surface area is 88.6 Å². The van der Waals surface area contributed by atoms with Gasteiger partial charge in [0.2, 0.25) is 0 Å². The molecule has 1 aliphatic heterocycles. The van der Waals surface area contributed by atoms with E-state index < -0.39 is 30.1 Å². The summed E-state index contributed by atoms with van der Waals surface area (Å²) in [7, 11) is 0. The Morgan fingerprint density at radius 2 is 2.20 bits per heavy atom. The van der Waals surface area contributed by atoms with Gasteiger partial charge in [0.05, 0.1) is 6.10 Å². The van der Waals surface area contributed by atoms with Crippen LogP contribution in [0, 0.1) is 12.3 Å². The number of nitrogens with zero attached hydrogens (tertiary/aromatic N) is 1. The van der Waals surface area contributed by atoms with Crippen LogP contribution in [0.15, 0.2) is 0 Å². The van der Waals surface area contributed by atoms with Gasteiger partial charge in [-0.15, -0.1) is 6.42 Å². The van der Waals surface area contributed by atoms with Crippen LogP contribution in [0.4, 0.5) is 4.79 Å². The molecule has 1 amide bonds. The van der Waals surface area contributed by atoms with E-state index in [0.29, 0.717) is 0 Å². The van der Waals surface area contributed by atoms with Crippen molar-refractivity contribution in [2.24, 2.45) is 0 Å². The van der Waals surface area contributed by atoms with Gasteiger partial charge >= 0.3 is 6.09 Å². The third-order valence-corrected chi connectivity index (χ3v) is 2.53. The standard InChI is InChI=1S/C10H15NO4/c1-5-7(12)8-6(2)15-10(3,4)11(8)9(13)14/h1,6-8,12H,2-4H3,(H,13,14). The molecule has 5 nitrogen and oxygen atoms in total. The van der Waals surface area contributed by atoms with Crippen molar-refractivity contribution in [3.05, 3.63) is 0 Å². The third kappa shape index (κ3) is 1.91. The average molecular weight is 213 g/mol. The lowest BCUT2D eigenvalue weighted by molar-refractivity contribution is -0.0624. The van der Waals surface area contributed by atoms with Gasteiger partial charge in [-0.3, -0.25) is 4.90 Å². The lowest BCUT2D eigenvalue weighted by Gasteiger charge is -2.31. The predicted octanol–water partition coefficient (Wildman–Crippen LogP) is 0.484. The highest BCUT2D eigenvalue weighted by Crippen LogP contribution is 2.33. The first kappa shape index (κ1) is 11.8. The summed E-state index contributed by atoms with van der Waals surface area (Å²) in [5, 5.41) is 18.6. The van der Waals surface area contributed by atoms with Crippen LogP contribution in [0.2, 0.25) is 0 Å². The summed E-state index contributed by atoms with van der Waals surface area (Å²) in [5.41, 5.74) is -0.965. The molecule has 3 atom stereocenters. The molecule has 2 N–H and O–H groups in total. The second-order valence-electron chi connectivity index (χ2n) is 4.02. The van der Waals surface area contributed by atoms with Gasteiger partial charge in [-0.25, -0.2) is 4.79 Å². The smallest absolute Gasteiger partial charge is 0.410 e. The number of carbonyl (C=O) groups is 1. The van der Waals surface area contributed by atoms with E-state index in [4.69, 9.17) is 16.3 Å². The molecule has 0 aromatic rings. The van der Waals surface area contributed by atoms with Gasteiger partial charge in [0, 0.05) is 0 Å². The van der Waals surface area contributed by atoms with Crippen LogP contribution < -0.4 is 0 Å². The highest BCUT2D eigenvalue weighted by Gasteiger charge is 2.50. The fourth-order valence-electron chi connectivity index (χ4n) is 2.00. The SMILES string of the molecule is C#CC(O)C1C(C)OC(C)(C)N1C(=O)O. The quantitative estimate of drug-likeness (QED) is 0.622. The van der Waals surface area contributed by atoms with Crippen molar-refractivity contribution in [2.75, 3.05) is 0 Å². The zero-order chi connectivity index (χ0) is 11.8. The van der Waals surface area contributed by atoms with Gasteiger partial charge in [-0.2, -0.15) is 0 Å². The molecule has 1 fully saturated rings. The maximum atomic E-state index is 11.1. The van der Waals surface area contributed by atoms with Crippen LogP contribution in [0.25, 0.3) is 0 Å². The minimum atomic E-state index is -1.15. The maximum absolute atomic E-state index is 11.1. The largest absolute Gasteiger partial charge is 0.465 e. The summed E-state index contributed by atoms with van der Waals surface area (Å²) >= 11 is 0. The van der Waals surface area contributed by atoms with E-state index in [0.717, 1.165) is 4.90 Å². The van der Waals surface area contributed by atoms with E-state index in [1.54, 1.807) is 20.8 Å². The second-order valence-corrected chi connectivity index (χ2v) is 4.02. The number of terminal acetylenes is 1. The van der Waals surface area contributed by atoms with E-state index in [1.807, 2.05) is 0 Å². The number of carboxylic acid groups (broad SMARTS) is 1. The van der Waals surface area contributed by atoms with Gasteiger partial charge in [0.15, 0.2) is 0 Å². The molecule has 15 heavy (non-hydrogen) atoms. The predicted molar refractivity (Wildman–Crippen MR) is 53.1 cm³/mol. The van der Waals surface area contributed by atoms with Crippen molar-refractivity contribution in [3.63, 3.8) is 0 Å². The van der Waals surface area contributed by atoms with Crippen molar-refractivity contribution < 1.29 is 19.7 Å². The first-order valence-corrected chi connectivity index (χ1v) is 4.65. The molecule has 0 radical (unpaired) electrons. The number of rotatable bonds is 1. The van der Waals surface area contributed by atoms with Crippen LogP contribution in [-0.2, 0) is 4.74 Å². The van der Waals surface area contributed by atoms with Gasteiger partial charge in [-0.1, -0.05) is 5.92 Å². The Hall–Kier alpha value is -1.25. The molecule has 1 heterocycles. The minimum absolute atomic E-state index is 0.429. The van der Waals surface area contributed by atoms with E-state index in [9.17, 15) is 9.90 Å². The number of aliphatic hydroxyl groups excluding tert-OH is 1. The molecule has 3 unspecified atom stereocenters. The molecule has 0 aromatic carbocycles. The number of aliphatic hydroxyl groups is 1. The van der Waals surface area contributed by atoms with Crippen molar-refractivity contribution in [1.29, 1.82) is 0 Å². The Morgan fingerprint density at radius 1 is 1.67 bits per heavy atom. The van der Waals surface area contributed by atoms with Crippen molar-refractivity contribution in [2.45, 2.75) is 44.7 Å². The third-order valence-electron chi connectivity index (χ3n) is 2.53. The maximum Gasteiger partial charge on any atom is 0.410 e. The van der Waals surface area contributed by atoms with Crippen molar-refractivity contribution >= 4 is 6.09 Å². The van der Waals surface area contributed by atoms with Crippen LogP contribution in [-0.4, -0.2) is 45.2 Å². The molecule has 0 saturated carbocycles. The molecule has 0 spiro atoms. The molecule has 1 rings (SSSR count). The zero-order valence-corrected chi connectivity index (χ0v) is 8.97. The van der Waals surface area contributed by atoms with E-state index in [-0.39, 0.29) is 0 Å². The van der Waals surface area contributed by atoms with Crippen LogP contribution >= 0.6 is 0 Å². The molecule has 1 aliphatic rings. The number of ether oxygens (including phenoxy) is 1. The van der Waals surface area contributed by atoms with Crippen molar-refractivity contribution in [1.82, 2.24) is 4.90 Å². The number of amides is 1. The van der Waals surface area contributed by atoms with Crippen LogP contribution in [0.5, 0.6) is 0 Å². The summed E-state index contributed by atoms with van der Waals surface area (Å²) < 4.78 is 5.45. The molecule has 84 valence electrons. The topological polar surface area (TPSA) is 70.0 Å². The minimum Gasteiger partial charge on any atom is -0.465 e. The highest BCUT2D eigenvalue weighted by molar-refractivity contribution is 5.67.